The number of nitrogens with one attached hydrogen (secondary N) is 1. The van der Waals surface area contributed by atoms with Crippen molar-refractivity contribution >= 4 is 15.9 Å². The zero-order valence-corrected chi connectivity index (χ0v) is 11.4. The van der Waals surface area contributed by atoms with E-state index in [1.165, 1.54) is 16.9 Å². The molecular formula is C11H16F3N3O2S. The molecule has 20 heavy (non-hydrogen) atoms. The second kappa shape index (κ2) is 6.91. The number of rotatable bonds is 7. The molecule has 3 N–H and O–H groups in total. The molecule has 0 saturated carbocycles. The fourth-order valence-corrected chi connectivity index (χ4v) is 2.74. The van der Waals surface area contributed by atoms with Gasteiger partial charge in [0.2, 0.25) is 0 Å². The van der Waals surface area contributed by atoms with Gasteiger partial charge in [0, 0.05) is 6.54 Å². The fraction of sp³-hybridized carbons (Fsp3) is 0.455. The Bertz CT molecular complexity index is 505. The second-order valence-corrected chi connectivity index (χ2v) is 5.67. The van der Waals surface area contributed by atoms with E-state index in [0.29, 0.717) is 6.42 Å². The van der Waals surface area contributed by atoms with E-state index in [9.17, 15) is 21.6 Å². The van der Waals surface area contributed by atoms with E-state index in [0.717, 1.165) is 4.31 Å². The van der Waals surface area contributed by atoms with E-state index in [1.54, 1.807) is 18.2 Å². The molecule has 0 heterocycles. The third-order valence-corrected chi connectivity index (χ3v) is 3.84. The van der Waals surface area contributed by atoms with Crippen molar-refractivity contribution in [1.29, 1.82) is 0 Å². The van der Waals surface area contributed by atoms with Crippen LogP contribution in [-0.4, -0.2) is 34.2 Å². The lowest BCUT2D eigenvalue weighted by Gasteiger charge is -2.24. The van der Waals surface area contributed by atoms with Gasteiger partial charge in [-0.25, -0.2) is 0 Å². The highest BCUT2D eigenvalue weighted by molar-refractivity contribution is 7.90. The molecular weight excluding hydrogens is 295 g/mol. The number of alkyl halides is 3. The normalized spacial score (nSPS) is 12.4. The summed E-state index contributed by atoms with van der Waals surface area (Å²) >= 11 is 0. The number of halogens is 3. The average Bonchev–Trinajstić information content (AvgIpc) is 2.37. The van der Waals surface area contributed by atoms with Crippen LogP contribution in [0.2, 0.25) is 0 Å². The highest BCUT2D eigenvalue weighted by atomic mass is 32.2. The highest BCUT2D eigenvalue weighted by Crippen LogP contribution is 2.18. The van der Waals surface area contributed by atoms with E-state index in [2.05, 4.69) is 0 Å². The molecule has 0 spiro atoms. The second-order valence-electron chi connectivity index (χ2n) is 3.99. The van der Waals surface area contributed by atoms with Gasteiger partial charge >= 0.3 is 16.4 Å². The summed E-state index contributed by atoms with van der Waals surface area (Å²) in [6.07, 6.45) is -4.27. The van der Waals surface area contributed by atoms with Crippen molar-refractivity contribution in [2.24, 2.45) is 5.73 Å². The smallest absolute Gasteiger partial charge is 0.330 e. The summed E-state index contributed by atoms with van der Waals surface area (Å²) in [6, 6.07) is 7.89. The molecule has 0 atom stereocenters. The SMILES string of the molecule is NCCCN(c1ccccc1)S(=O)(=O)NCC(F)(F)F. The van der Waals surface area contributed by atoms with Gasteiger partial charge < -0.3 is 5.73 Å². The third kappa shape index (κ3) is 5.35. The van der Waals surface area contributed by atoms with Crippen LogP contribution >= 0.6 is 0 Å². The van der Waals surface area contributed by atoms with Crippen LogP contribution in [0.25, 0.3) is 0 Å². The molecule has 5 nitrogen and oxygen atoms in total. The maximum Gasteiger partial charge on any atom is 0.402 e. The number of hydrogen-bond donors (Lipinski definition) is 2. The Morgan fingerprint density at radius 2 is 1.80 bits per heavy atom. The lowest BCUT2D eigenvalue weighted by molar-refractivity contribution is -0.121. The summed E-state index contributed by atoms with van der Waals surface area (Å²) in [5.74, 6) is 0. The molecule has 114 valence electrons. The Labute approximate surface area is 115 Å². The first-order chi connectivity index (χ1) is 9.26. The quantitative estimate of drug-likeness (QED) is 0.795. The standard InChI is InChI=1S/C11H16F3N3O2S/c12-11(13,14)9-16-20(18,19)17(8-4-7-15)10-5-2-1-3-6-10/h1-3,5-6,16H,4,7-9,15H2. The van der Waals surface area contributed by atoms with Gasteiger partial charge in [-0.3, -0.25) is 4.31 Å². The zero-order chi connectivity index (χ0) is 15.2. The van der Waals surface area contributed by atoms with E-state index in [4.69, 9.17) is 5.73 Å². The summed E-state index contributed by atoms with van der Waals surface area (Å²) in [5, 5.41) is 0. The molecule has 0 radical (unpaired) electrons. The average molecular weight is 311 g/mol. The van der Waals surface area contributed by atoms with Crippen LogP contribution in [-0.2, 0) is 10.2 Å². The minimum atomic E-state index is -4.61. The van der Waals surface area contributed by atoms with Crippen molar-refractivity contribution in [3.05, 3.63) is 30.3 Å². The molecule has 0 amide bonds. The topological polar surface area (TPSA) is 75.4 Å². The van der Waals surface area contributed by atoms with E-state index < -0.39 is 22.9 Å². The predicted octanol–water partition coefficient (Wildman–Crippen LogP) is 1.24. The molecule has 0 saturated heterocycles. The minimum Gasteiger partial charge on any atom is -0.330 e. The van der Waals surface area contributed by atoms with Crippen LogP contribution in [0.4, 0.5) is 18.9 Å². The van der Waals surface area contributed by atoms with Gasteiger partial charge in [-0.1, -0.05) is 18.2 Å². The summed E-state index contributed by atoms with van der Waals surface area (Å²) in [6.45, 7) is -1.37. The van der Waals surface area contributed by atoms with Gasteiger partial charge in [0.05, 0.1) is 5.69 Å². The van der Waals surface area contributed by atoms with Crippen molar-refractivity contribution in [3.8, 4) is 0 Å². The van der Waals surface area contributed by atoms with Gasteiger partial charge in [-0.05, 0) is 25.1 Å². The fourth-order valence-electron chi connectivity index (χ4n) is 1.47. The molecule has 0 aliphatic rings. The Kier molecular flexibility index (Phi) is 5.78. The van der Waals surface area contributed by atoms with Crippen LogP contribution < -0.4 is 14.8 Å². The molecule has 0 bridgehead atoms. The first kappa shape index (κ1) is 16.7. The lowest BCUT2D eigenvalue weighted by atomic mass is 10.3. The summed E-state index contributed by atoms with van der Waals surface area (Å²) < 4.78 is 62.7. The maximum absolute atomic E-state index is 12.1. The lowest BCUT2D eigenvalue weighted by Crippen LogP contribution is -2.45. The molecule has 1 aromatic carbocycles. The van der Waals surface area contributed by atoms with Gasteiger partial charge in [0.1, 0.15) is 6.54 Å². The number of nitrogens with zero attached hydrogens (tertiary/aromatic N) is 1. The van der Waals surface area contributed by atoms with Crippen molar-refractivity contribution in [1.82, 2.24) is 4.72 Å². The third-order valence-electron chi connectivity index (χ3n) is 2.35. The van der Waals surface area contributed by atoms with Crippen LogP contribution in [0.5, 0.6) is 0 Å². The monoisotopic (exact) mass is 311 g/mol. The predicted molar refractivity (Wildman–Crippen MR) is 70.4 cm³/mol. The first-order valence-electron chi connectivity index (χ1n) is 5.85. The number of anilines is 1. The highest BCUT2D eigenvalue weighted by Gasteiger charge is 2.31. The van der Waals surface area contributed by atoms with E-state index >= 15 is 0 Å². The van der Waals surface area contributed by atoms with E-state index in [1.807, 2.05) is 0 Å². The number of para-hydroxylation sites is 1. The van der Waals surface area contributed by atoms with Crippen LogP contribution in [0.1, 0.15) is 6.42 Å². The Morgan fingerprint density at radius 1 is 1.20 bits per heavy atom. The van der Waals surface area contributed by atoms with Gasteiger partial charge in [0.15, 0.2) is 0 Å². The maximum atomic E-state index is 12.1. The van der Waals surface area contributed by atoms with Gasteiger partial charge in [-0.2, -0.15) is 26.3 Å². The molecule has 0 unspecified atom stereocenters. The largest absolute Gasteiger partial charge is 0.402 e. The van der Waals surface area contributed by atoms with Crippen LogP contribution in [0.3, 0.4) is 0 Å². The van der Waals surface area contributed by atoms with Crippen molar-refractivity contribution in [2.75, 3.05) is 23.9 Å². The molecule has 0 aliphatic carbocycles. The zero-order valence-electron chi connectivity index (χ0n) is 10.6. The Hall–Kier alpha value is -1.32. The molecule has 0 fully saturated rings. The Morgan fingerprint density at radius 3 is 2.30 bits per heavy atom. The molecule has 9 heteroatoms. The van der Waals surface area contributed by atoms with Gasteiger partial charge in [0.25, 0.3) is 0 Å². The minimum absolute atomic E-state index is 0.00764. The molecule has 0 aliphatic heterocycles. The molecule has 0 aromatic heterocycles. The first-order valence-corrected chi connectivity index (χ1v) is 7.29. The number of hydrogen-bond acceptors (Lipinski definition) is 3. The summed E-state index contributed by atoms with van der Waals surface area (Å²) in [7, 11) is -4.27. The summed E-state index contributed by atoms with van der Waals surface area (Å²) in [5.41, 5.74) is 5.61. The number of benzene rings is 1. The van der Waals surface area contributed by atoms with Crippen LogP contribution in [0, 0.1) is 0 Å². The molecule has 1 aromatic rings. The van der Waals surface area contributed by atoms with Gasteiger partial charge in [-0.15, -0.1) is 0 Å². The van der Waals surface area contributed by atoms with E-state index in [-0.39, 0.29) is 18.8 Å². The van der Waals surface area contributed by atoms with Crippen molar-refractivity contribution in [2.45, 2.75) is 12.6 Å². The Balaban J connectivity index is 2.92. The van der Waals surface area contributed by atoms with Crippen LogP contribution in [0.15, 0.2) is 30.3 Å². The number of nitrogens with two attached hydrogens (primary N) is 1. The summed E-state index contributed by atoms with van der Waals surface area (Å²) in [4.78, 5) is 0. The molecule has 1 rings (SSSR count). The van der Waals surface area contributed by atoms with Crippen molar-refractivity contribution in [3.63, 3.8) is 0 Å². The van der Waals surface area contributed by atoms with Crippen molar-refractivity contribution < 1.29 is 21.6 Å².